The lowest BCUT2D eigenvalue weighted by atomic mass is 10.0. The second kappa shape index (κ2) is 8.40. The van der Waals surface area contributed by atoms with Gasteiger partial charge in [-0.1, -0.05) is 0 Å². The number of fused-ring (bicyclic) bond motifs is 4. The number of ether oxygens (including phenoxy) is 1. The van der Waals surface area contributed by atoms with Crippen LogP contribution < -0.4 is 10.4 Å². The molecule has 8 heteroatoms. The molecule has 2 aliphatic rings. The van der Waals surface area contributed by atoms with Crippen LogP contribution in [0.25, 0.3) is 33.1 Å². The van der Waals surface area contributed by atoms with E-state index in [-0.39, 0.29) is 17.5 Å². The van der Waals surface area contributed by atoms with E-state index in [1.165, 1.54) is 36.4 Å². The molecule has 36 heavy (non-hydrogen) atoms. The van der Waals surface area contributed by atoms with Crippen molar-refractivity contribution in [1.29, 1.82) is 0 Å². The van der Waals surface area contributed by atoms with Crippen LogP contribution in [0.3, 0.4) is 0 Å². The number of aromatic nitrogens is 4. The second-order valence-corrected chi connectivity index (χ2v) is 10.9. The van der Waals surface area contributed by atoms with Gasteiger partial charge in [-0.25, -0.2) is 14.2 Å². The van der Waals surface area contributed by atoms with Crippen molar-refractivity contribution in [3.63, 3.8) is 0 Å². The minimum absolute atomic E-state index is 0.0422. The Morgan fingerprint density at radius 2 is 2.03 bits per heavy atom. The Morgan fingerprint density at radius 3 is 2.72 bits per heavy atom. The molecule has 2 fully saturated rings. The largest absolute Gasteiger partial charge is 0.477 e. The smallest absolute Gasteiger partial charge is 0.329 e. The van der Waals surface area contributed by atoms with Gasteiger partial charge < -0.3 is 9.22 Å². The second-order valence-electron chi connectivity index (χ2n) is 10.9. The fraction of sp³-hybridized carbons (Fsp3) is 0.464. The molecule has 2 unspecified atom stereocenters. The third kappa shape index (κ3) is 3.53. The Kier molecular flexibility index (Phi) is 5.41. The first kappa shape index (κ1) is 23.2. The topological polar surface area (TPSA) is 61.9 Å². The molecule has 5 heterocycles. The summed E-state index contributed by atoms with van der Waals surface area (Å²) in [5, 5.41) is 0.744. The van der Waals surface area contributed by atoms with Crippen LogP contribution in [0.4, 0.5) is 4.39 Å². The summed E-state index contributed by atoms with van der Waals surface area (Å²) in [5.74, 6) is 0.184. The van der Waals surface area contributed by atoms with Gasteiger partial charge in [0.2, 0.25) is 5.88 Å². The van der Waals surface area contributed by atoms with Crippen molar-refractivity contribution in [1.82, 2.24) is 19.1 Å². The zero-order valence-corrected chi connectivity index (χ0v) is 21.4. The van der Waals surface area contributed by atoms with E-state index in [0.29, 0.717) is 35.2 Å². The number of likely N-dealkylation sites (N-methyl/N-ethyl adjacent to an activating group) is 1. The lowest BCUT2D eigenvalue weighted by Gasteiger charge is -2.19. The van der Waals surface area contributed by atoms with Crippen molar-refractivity contribution < 1.29 is 13.6 Å². The standard InChI is InChI=1S/C28H33FN5O2/c1-17(2)33-27-20-13-19(21(29)14-22(20)30-16-23(27)32(3)28(33)35)18-8-9-26(31-15-18)36-12-10-25-24-7-5-6-11-34(24,25)4/h8-9,13-17,24-25H,5-7,10-12H2,1-4H3/q+1/t24?,25-,34?/m1/s1. The van der Waals surface area contributed by atoms with Gasteiger partial charge in [0.25, 0.3) is 0 Å². The Balaban J connectivity index is 1.27. The predicted molar refractivity (Wildman–Crippen MR) is 139 cm³/mol. The molecule has 3 atom stereocenters. The zero-order chi connectivity index (χ0) is 25.2. The number of pyridine rings is 2. The monoisotopic (exact) mass is 490 g/mol. The molecule has 188 valence electrons. The molecule has 7 nitrogen and oxygen atoms in total. The van der Waals surface area contributed by atoms with Gasteiger partial charge in [0.05, 0.1) is 42.9 Å². The molecule has 6 rings (SSSR count). The third-order valence-electron chi connectivity index (χ3n) is 8.49. The summed E-state index contributed by atoms with van der Waals surface area (Å²) in [7, 11) is 4.11. The molecule has 2 saturated heterocycles. The quantitative estimate of drug-likeness (QED) is 0.287. The molecular formula is C28H33FN5O2+. The van der Waals surface area contributed by atoms with E-state index < -0.39 is 0 Å². The maximum Gasteiger partial charge on any atom is 0.329 e. The molecular weight excluding hydrogens is 457 g/mol. The van der Waals surface area contributed by atoms with Gasteiger partial charge in [-0.3, -0.25) is 14.1 Å². The minimum Gasteiger partial charge on any atom is -0.477 e. The molecule has 0 bridgehead atoms. The maximum absolute atomic E-state index is 15.2. The molecule has 0 radical (unpaired) electrons. The van der Waals surface area contributed by atoms with E-state index in [2.05, 4.69) is 17.0 Å². The third-order valence-corrected chi connectivity index (χ3v) is 8.49. The molecule has 3 aromatic heterocycles. The first-order valence-electron chi connectivity index (χ1n) is 12.9. The van der Waals surface area contributed by atoms with E-state index >= 15 is 4.39 Å². The highest BCUT2D eigenvalue weighted by Gasteiger charge is 2.62. The molecule has 0 N–H and O–H groups in total. The van der Waals surface area contributed by atoms with Crippen molar-refractivity contribution in [2.24, 2.45) is 7.05 Å². The predicted octanol–water partition coefficient (Wildman–Crippen LogP) is 4.82. The maximum atomic E-state index is 15.2. The average molecular weight is 491 g/mol. The highest BCUT2D eigenvalue weighted by atomic mass is 19.1. The van der Waals surface area contributed by atoms with Crippen LogP contribution in [0, 0.1) is 5.82 Å². The Bertz CT molecular complexity index is 1520. The van der Waals surface area contributed by atoms with Crippen LogP contribution in [0.2, 0.25) is 0 Å². The van der Waals surface area contributed by atoms with Gasteiger partial charge >= 0.3 is 5.69 Å². The van der Waals surface area contributed by atoms with Crippen LogP contribution in [-0.2, 0) is 7.05 Å². The summed E-state index contributed by atoms with van der Waals surface area (Å²) in [6, 6.07) is 8.35. The van der Waals surface area contributed by atoms with Crippen molar-refractivity contribution in [3.8, 4) is 17.0 Å². The highest BCUT2D eigenvalue weighted by Crippen LogP contribution is 2.46. The van der Waals surface area contributed by atoms with E-state index in [1.807, 2.05) is 19.9 Å². The fourth-order valence-electron chi connectivity index (χ4n) is 6.44. The number of benzene rings is 1. The van der Waals surface area contributed by atoms with Gasteiger partial charge in [-0.15, -0.1) is 0 Å². The number of piperidine rings is 1. The lowest BCUT2D eigenvalue weighted by Crippen LogP contribution is -2.29. The summed E-state index contributed by atoms with van der Waals surface area (Å²) in [6.45, 7) is 5.88. The van der Waals surface area contributed by atoms with E-state index in [0.717, 1.165) is 28.9 Å². The van der Waals surface area contributed by atoms with Crippen LogP contribution in [0.5, 0.6) is 5.88 Å². The van der Waals surface area contributed by atoms with Crippen LogP contribution >= 0.6 is 0 Å². The van der Waals surface area contributed by atoms with Crippen molar-refractivity contribution >= 4 is 21.9 Å². The Morgan fingerprint density at radius 1 is 1.19 bits per heavy atom. The van der Waals surface area contributed by atoms with Crippen molar-refractivity contribution in [2.75, 3.05) is 20.2 Å². The van der Waals surface area contributed by atoms with Gasteiger partial charge in [0, 0.05) is 60.8 Å². The van der Waals surface area contributed by atoms with Crippen molar-refractivity contribution in [3.05, 3.63) is 53.0 Å². The number of hydrogen-bond acceptors (Lipinski definition) is 4. The SMILES string of the molecule is CC(C)n1c(=O)n(C)c2cnc3cc(F)c(-c4ccc(OCC[C@@H]5C6CCCC[N+]65C)nc4)cc3c21. The Hall–Kier alpha value is -3.26. The van der Waals surface area contributed by atoms with Crippen LogP contribution in [0.15, 0.2) is 41.5 Å². The summed E-state index contributed by atoms with van der Waals surface area (Å²) >= 11 is 0. The average Bonchev–Trinajstić information content (AvgIpc) is 3.37. The summed E-state index contributed by atoms with van der Waals surface area (Å²) < 4.78 is 25.7. The number of halogens is 1. The van der Waals surface area contributed by atoms with E-state index in [1.54, 1.807) is 40.7 Å². The van der Waals surface area contributed by atoms with Gasteiger partial charge in [-0.05, 0) is 38.8 Å². The summed E-state index contributed by atoms with van der Waals surface area (Å²) in [5.41, 5.74) is 2.99. The first-order chi connectivity index (χ1) is 17.3. The highest BCUT2D eigenvalue weighted by molar-refractivity contribution is 6.04. The summed E-state index contributed by atoms with van der Waals surface area (Å²) in [6.07, 6.45) is 8.36. The van der Waals surface area contributed by atoms with Crippen LogP contribution in [0.1, 0.15) is 45.6 Å². The number of rotatable bonds is 6. The van der Waals surface area contributed by atoms with E-state index in [9.17, 15) is 4.79 Å². The molecule has 0 saturated carbocycles. The van der Waals surface area contributed by atoms with Gasteiger partial charge in [-0.2, -0.15) is 0 Å². The first-order valence-corrected chi connectivity index (χ1v) is 12.9. The number of aryl methyl sites for hydroxylation is 1. The zero-order valence-electron chi connectivity index (χ0n) is 21.4. The molecule has 0 aliphatic carbocycles. The van der Waals surface area contributed by atoms with E-state index in [4.69, 9.17) is 4.74 Å². The van der Waals surface area contributed by atoms with Crippen molar-refractivity contribution in [2.45, 2.75) is 57.7 Å². The number of imidazole rings is 1. The molecule has 4 aromatic rings. The molecule has 2 aliphatic heterocycles. The number of quaternary nitrogens is 1. The molecule has 0 spiro atoms. The lowest BCUT2D eigenvalue weighted by molar-refractivity contribution is -0.810. The minimum atomic E-state index is -0.374. The molecule has 1 aromatic carbocycles. The number of nitrogens with zero attached hydrogens (tertiary/aromatic N) is 5. The Labute approximate surface area is 209 Å². The normalized spacial score (nSPS) is 23.4. The van der Waals surface area contributed by atoms with Gasteiger partial charge in [0.1, 0.15) is 17.9 Å². The number of hydrogen-bond donors (Lipinski definition) is 0. The van der Waals surface area contributed by atoms with Gasteiger partial charge in [0.15, 0.2) is 0 Å². The summed E-state index contributed by atoms with van der Waals surface area (Å²) in [4.78, 5) is 21.7. The fourth-order valence-corrected chi connectivity index (χ4v) is 6.44. The molecule has 0 amide bonds. The van der Waals surface area contributed by atoms with Crippen LogP contribution in [-0.4, -0.2) is 55.9 Å².